The van der Waals surface area contributed by atoms with E-state index >= 15 is 0 Å². The predicted molar refractivity (Wildman–Crippen MR) is 101 cm³/mol. The molecule has 0 saturated carbocycles. The zero-order valence-corrected chi connectivity index (χ0v) is 16.4. The first kappa shape index (κ1) is 22.1. The highest BCUT2D eigenvalue weighted by Crippen LogP contribution is 2.13. The molecule has 0 aromatic carbocycles. The number of ether oxygens (including phenoxy) is 2. The van der Waals surface area contributed by atoms with Gasteiger partial charge in [0.15, 0.2) is 6.29 Å². The highest BCUT2D eigenvalue weighted by atomic mass is 79.9. The van der Waals surface area contributed by atoms with Crippen molar-refractivity contribution in [1.29, 1.82) is 0 Å². The zero-order chi connectivity index (χ0) is 16.3. The first-order valence-electron chi connectivity index (χ1n) is 9.29. The Morgan fingerprint density at radius 2 is 1.23 bits per heavy atom. The Morgan fingerprint density at radius 3 is 1.77 bits per heavy atom. The minimum atomic E-state index is 0.0209. The van der Waals surface area contributed by atoms with Crippen molar-refractivity contribution in [3.63, 3.8) is 0 Å². The molecular formula is C19H37BrO2. The van der Waals surface area contributed by atoms with Crippen LogP contribution >= 0.6 is 15.9 Å². The van der Waals surface area contributed by atoms with E-state index in [-0.39, 0.29) is 6.29 Å². The van der Waals surface area contributed by atoms with Crippen molar-refractivity contribution < 1.29 is 9.47 Å². The van der Waals surface area contributed by atoms with Crippen LogP contribution in [0.1, 0.15) is 84.5 Å². The number of alkyl halides is 1. The van der Waals surface area contributed by atoms with Crippen LogP contribution in [0.25, 0.3) is 0 Å². The Kier molecular flexibility index (Phi) is 19.3. The molecule has 0 atom stereocenters. The van der Waals surface area contributed by atoms with Gasteiger partial charge in [-0.2, -0.15) is 0 Å². The molecule has 0 aliphatic rings. The summed E-state index contributed by atoms with van der Waals surface area (Å²) < 4.78 is 11.1. The molecule has 0 aromatic rings. The van der Waals surface area contributed by atoms with E-state index in [1.54, 1.807) is 0 Å². The molecule has 22 heavy (non-hydrogen) atoms. The number of halogens is 1. The van der Waals surface area contributed by atoms with Crippen LogP contribution in [-0.2, 0) is 9.47 Å². The molecule has 0 aliphatic carbocycles. The lowest BCUT2D eigenvalue weighted by Crippen LogP contribution is -2.17. The fraction of sp³-hybridized carbons (Fsp3) is 0.895. The standard InChI is InChI=1S/C19H37BrO2/c1-3-21-19(22-4-2)17-15-13-11-9-7-5-6-8-10-12-14-16-18-20/h12,14,19H,3-11,13,15-18H2,1-2H3/b14-12-. The van der Waals surface area contributed by atoms with Gasteiger partial charge in [-0.15, -0.1) is 0 Å². The van der Waals surface area contributed by atoms with Gasteiger partial charge in [-0.05, 0) is 46.0 Å². The average Bonchev–Trinajstić information content (AvgIpc) is 2.52. The smallest absolute Gasteiger partial charge is 0.157 e. The Morgan fingerprint density at radius 1 is 0.727 bits per heavy atom. The SMILES string of the molecule is CCOC(CCCCCCCCCC/C=C\CCBr)OCC. The van der Waals surface area contributed by atoms with Crippen LogP contribution in [0.3, 0.4) is 0 Å². The van der Waals surface area contributed by atoms with Gasteiger partial charge in [0, 0.05) is 18.5 Å². The lowest BCUT2D eigenvalue weighted by Gasteiger charge is -2.16. The summed E-state index contributed by atoms with van der Waals surface area (Å²) in [5.74, 6) is 0. The Bertz CT molecular complexity index is 225. The van der Waals surface area contributed by atoms with Crippen LogP contribution in [-0.4, -0.2) is 24.8 Å². The maximum Gasteiger partial charge on any atom is 0.157 e. The van der Waals surface area contributed by atoms with Gasteiger partial charge in [-0.25, -0.2) is 0 Å². The minimum absolute atomic E-state index is 0.0209. The van der Waals surface area contributed by atoms with Crippen LogP contribution < -0.4 is 0 Å². The molecule has 3 heteroatoms. The summed E-state index contributed by atoms with van der Waals surface area (Å²) >= 11 is 3.44. The van der Waals surface area contributed by atoms with E-state index in [9.17, 15) is 0 Å². The number of unbranched alkanes of at least 4 members (excludes halogenated alkanes) is 8. The molecule has 0 rings (SSSR count). The Labute approximate surface area is 147 Å². The van der Waals surface area contributed by atoms with Crippen molar-refractivity contribution in [2.24, 2.45) is 0 Å². The summed E-state index contributed by atoms with van der Waals surface area (Å²) in [5.41, 5.74) is 0. The van der Waals surface area contributed by atoms with Gasteiger partial charge < -0.3 is 9.47 Å². The summed E-state index contributed by atoms with van der Waals surface area (Å²) in [6.07, 6.45) is 18.9. The zero-order valence-electron chi connectivity index (χ0n) is 14.8. The minimum Gasteiger partial charge on any atom is -0.353 e. The van der Waals surface area contributed by atoms with Crippen molar-refractivity contribution in [1.82, 2.24) is 0 Å². The van der Waals surface area contributed by atoms with Crippen LogP contribution in [0.2, 0.25) is 0 Å². The molecule has 0 amide bonds. The van der Waals surface area contributed by atoms with E-state index < -0.39 is 0 Å². The highest BCUT2D eigenvalue weighted by Gasteiger charge is 2.06. The normalized spacial score (nSPS) is 11.8. The monoisotopic (exact) mass is 376 g/mol. The topological polar surface area (TPSA) is 18.5 Å². The quantitative estimate of drug-likeness (QED) is 0.123. The summed E-state index contributed by atoms with van der Waals surface area (Å²) in [7, 11) is 0. The Hall–Kier alpha value is 0.140. The fourth-order valence-electron chi connectivity index (χ4n) is 2.52. The van der Waals surface area contributed by atoms with Gasteiger partial charge in [0.1, 0.15) is 0 Å². The second-order valence-electron chi connectivity index (χ2n) is 5.70. The molecular weight excluding hydrogens is 340 g/mol. The number of allylic oxidation sites excluding steroid dienone is 2. The van der Waals surface area contributed by atoms with E-state index in [0.717, 1.165) is 31.4 Å². The van der Waals surface area contributed by atoms with E-state index in [1.807, 2.05) is 13.8 Å². The summed E-state index contributed by atoms with van der Waals surface area (Å²) in [6.45, 7) is 5.55. The predicted octanol–water partition coefficient (Wildman–Crippen LogP) is 6.63. The van der Waals surface area contributed by atoms with E-state index in [2.05, 4.69) is 28.1 Å². The molecule has 2 nitrogen and oxygen atoms in total. The molecule has 0 saturated heterocycles. The third kappa shape index (κ3) is 16.5. The van der Waals surface area contributed by atoms with Crippen molar-refractivity contribution in [2.75, 3.05) is 18.5 Å². The maximum absolute atomic E-state index is 5.56. The van der Waals surface area contributed by atoms with Crippen LogP contribution in [0.15, 0.2) is 12.2 Å². The summed E-state index contributed by atoms with van der Waals surface area (Å²) in [4.78, 5) is 0. The molecule has 0 N–H and O–H groups in total. The third-order valence-electron chi connectivity index (χ3n) is 3.71. The van der Waals surface area contributed by atoms with Crippen molar-refractivity contribution in [2.45, 2.75) is 90.8 Å². The van der Waals surface area contributed by atoms with Gasteiger partial charge in [-0.1, -0.05) is 66.6 Å². The van der Waals surface area contributed by atoms with Crippen molar-refractivity contribution in [3.8, 4) is 0 Å². The van der Waals surface area contributed by atoms with Gasteiger partial charge in [0.2, 0.25) is 0 Å². The lowest BCUT2D eigenvalue weighted by atomic mass is 10.1. The second-order valence-corrected chi connectivity index (χ2v) is 6.49. The van der Waals surface area contributed by atoms with Gasteiger partial charge in [0.05, 0.1) is 0 Å². The lowest BCUT2D eigenvalue weighted by molar-refractivity contribution is -0.140. The summed E-state index contributed by atoms with van der Waals surface area (Å²) in [6, 6.07) is 0. The van der Waals surface area contributed by atoms with E-state index in [0.29, 0.717) is 0 Å². The maximum atomic E-state index is 5.56. The fourth-order valence-corrected chi connectivity index (χ4v) is 2.78. The number of hydrogen-bond acceptors (Lipinski definition) is 2. The molecule has 0 heterocycles. The van der Waals surface area contributed by atoms with Crippen LogP contribution in [0.5, 0.6) is 0 Å². The van der Waals surface area contributed by atoms with Gasteiger partial charge >= 0.3 is 0 Å². The molecule has 0 radical (unpaired) electrons. The number of rotatable bonds is 17. The molecule has 0 fully saturated rings. The first-order chi connectivity index (χ1) is 10.8. The second kappa shape index (κ2) is 19.2. The highest BCUT2D eigenvalue weighted by molar-refractivity contribution is 9.09. The molecule has 0 bridgehead atoms. The third-order valence-corrected chi connectivity index (χ3v) is 4.17. The molecule has 0 spiro atoms. The van der Waals surface area contributed by atoms with Gasteiger partial charge in [0.25, 0.3) is 0 Å². The van der Waals surface area contributed by atoms with E-state index in [4.69, 9.17) is 9.47 Å². The van der Waals surface area contributed by atoms with Crippen molar-refractivity contribution in [3.05, 3.63) is 12.2 Å². The Balaban J connectivity index is 3.22. The van der Waals surface area contributed by atoms with E-state index in [1.165, 1.54) is 57.8 Å². The molecule has 0 unspecified atom stereocenters. The van der Waals surface area contributed by atoms with Crippen molar-refractivity contribution >= 4 is 15.9 Å². The molecule has 0 aromatic heterocycles. The number of hydrogen-bond donors (Lipinski definition) is 0. The van der Waals surface area contributed by atoms with Crippen LogP contribution in [0.4, 0.5) is 0 Å². The van der Waals surface area contributed by atoms with Gasteiger partial charge in [-0.3, -0.25) is 0 Å². The van der Waals surface area contributed by atoms with Crippen LogP contribution in [0, 0.1) is 0 Å². The molecule has 0 aliphatic heterocycles. The first-order valence-corrected chi connectivity index (χ1v) is 10.4. The summed E-state index contributed by atoms with van der Waals surface area (Å²) in [5, 5.41) is 1.08. The average molecular weight is 377 g/mol. The molecule has 132 valence electrons. The largest absolute Gasteiger partial charge is 0.353 e.